The first-order chi connectivity index (χ1) is 10.3. The van der Waals surface area contributed by atoms with Gasteiger partial charge in [0.05, 0.1) is 18.3 Å². The molecule has 1 atom stereocenters. The minimum Gasteiger partial charge on any atom is -0.365 e. The summed E-state index contributed by atoms with van der Waals surface area (Å²) in [6, 6.07) is 0. The summed E-state index contributed by atoms with van der Waals surface area (Å²) in [5.74, 6) is 0.119. The zero-order valence-corrected chi connectivity index (χ0v) is 12.6. The maximum atomic E-state index is 12.7. The highest BCUT2D eigenvalue weighted by Crippen LogP contribution is 2.24. The van der Waals surface area contributed by atoms with Gasteiger partial charge in [-0.3, -0.25) is 4.79 Å². The first-order valence-electron chi connectivity index (χ1n) is 8.00. The van der Waals surface area contributed by atoms with Gasteiger partial charge in [-0.25, -0.2) is 9.97 Å². The van der Waals surface area contributed by atoms with Gasteiger partial charge < -0.3 is 9.64 Å². The van der Waals surface area contributed by atoms with Gasteiger partial charge in [0.2, 0.25) is 0 Å². The first kappa shape index (κ1) is 14.4. The molecule has 5 heteroatoms. The van der Waals surface area contributed by atoms with Crippen LogP contribution >= 0.6 is 0 Å². The molecule has 0 radical (unpaired) electrons. The second-order valence-electron chi connectivity index (χ2n) is 5.94. The molecule has 3 rings (SSSR count). The van der Waals surface area contributed by atoms with Crippen molar-refractivity contribution in [2.45, 2.75) is 64.2 Å². The normalized spacial score (nSPS) is 20.3. The second-order valence-corrected chi connectivity index (χ2v) is 5.94. The molecule has 0 aromatic carbocycles. The van der Waals surface area contributed by atoms with Crippen molar-refractivity contribution in [1.29, 1.82) is 0 Å². The highest BCUT2D eigenvalue weighted by atomic mass is 16.5. The van der Waals surface area contributed by atoms with Gasteiger partial charge in [-0.05, 0) is 31.2 Å². The van der Waals surface area contributed by atoms with E-state index in [1.165, 1.54) is 12.8 Å². The summed E-state index contributed by atoms with van der Waals surface area (Å²) in [5.41, 5.74) is 2.13. The minimum atomic E-state index is -0.295. The van der Waals surface area contributed by atoms with E-state index in [-0.39, 0.29) is 18.1 Å². The minimum absolute atomic E-state index is 0.119. The van der Waals surface area contributed by atoms with Crippen molar-refractivity contribution >= 4 is 5.91 Å². The monoisotopic (exact) mass is 289 g/mol. The third kappa shape index (κ3) is 3.23. The molecular weight excluding hydrogens is 266 g/mol. The Hall–Kier alpha value is -1.49. The summed E-state index contributed by atoms with van der Waals surface area (Å²) >= 11 is 0. The summed E-state index contributed by atoms with van der Waals surface area (Å²) in [4.78, 5) is 22.9. The molecule has 2 heterocycles. The van der Waals surface area contributed by atoms with E-state index in [0.29, 0.717) is 6.54 Å². The highest BCUT2D eigenvalue weighted by molar-refractivity contribution is 5.81. The Balaban J connectivity index is 1.64. The number of amides is 1. The molecular formula is C16H23N3O2. The number of aromatic nitrogens is 2. The Morgan fingerprint density at radius 3 is 3.05 bits per heavy atom. The van der Waals surface area contributed by atoms with E-state index in [9.17, 15) is 4.79 Å². The van der Waals surface area contributed by atoms with Gasteiger partial charge in [-0.15, -0.1) is 0 Å². The number of nitrogens with zero attached hydrogens (tertiary/aromatic N) is 3. The summed E-state index contributed by atoms with van der Waals surface area (Å²) in [6.07, 6.45) is 9.61. The van der Waals surface area contributed by atoms with Gasteiger partial charge in [0, 0.05) is 12.7 Å². The van der Waals surface area contributed by atoms with Crippen molar-refractivity contribution in [1.82, 2.24) is 14.9 Å². The molecule has 1 aromatic heterocycles. The lowest BCUT2D eigenvalue weighted by Crippen LogP contribution is -2.44. The van der Waals surface area contributed by atoms with E-state index in [4.69, 9.17) is 4.74 Å². The lowest BCUT2D eigenvalue weighted by atomic mass is 10.1. The molecule has 21 heavy (non-hydrogen) atoms. The molecule has 2 aliphatic rings. The topological polar surface area (TPSA) is 55.3 Å². The maximum Gasteiger partial charge on any atom is 0.252 e. The molecule has 1 amide bonds. The zero-order valence-electron chi connectivity index (χ0n) is 12.6. The highest BCUT2D eigenvalue weighted by Gasteiger charge is 2.30. The van der Waals surface area contributed by atoms with Crippen LogP contribution in [0.15, 0.2) is 12.5 Å². The van der Waals surface area contributed by atoms with E-state index in [1.807, 2.05) is 18.0 Å². The fourth-order valence-corrected chi connectivity index (χ4v) is 3.23. The predicted octanol–water partition coefficient (Wildman–Crippen LogP) is 2.10. The second kappa shape index (κ2) is 6.52. The summed E-state index contributed by atoms with van der Waals surface area (Å²) in [6.45, 7) is 3.35. The van der Waals surface area contributed by atoms with Crippen molar-refractivity contribution in [3.05, 3.63) is 23.8 Å². The number of rotatable bonds is 4. The van der Waals surface area contributed by atoms with Crippen LogP contribution in [-0.2, 0) is 22.5 Å². The smallest absolute Gasteiger partial charge is 0.252 e. The van der Waals surface area contributed by atoms with Gasteiger partial charge in [-0.2, -0.15) is 0 Å². The molecule has 1 fully saturated rings. The van der Waals surface area contributed by atoms with E-state index < -0.39 is 0 Å². The van der Waals surface area contributed by atoms with Crippen LogP contribution in [-0.4, -0.2) is 39.5 Å². The first-order valence-corrected chi connectivity index (χ1v) is 8.00. The van der Waals surface area contributed by atoms with Gasteiger partial charge in [0.15, 0.2) is 0 Å². The van der Waals surface area contributed by atoms with Crippen LogP contribution in [0.1, 0.15) is 50.3 Å². The van der Waals surface area contributed by atoms with Crippen LogP contribution in [0.5, 0.6) is 0 Å². The lowest BCUT2D eigenvalue weighted by Gasteiger charge is -2.31. The summed E-state index contributed by atoms with van der Waals surface area (Å²) < 4.78 is 6.04. The van der Waals surface area contributed by atoms with Crippen LogP contribution in [0.4, 0.5) is 0 Å². The number of ether oxygens (including phenoxy) is 1. The molecule has 1 saturated carbocycles. The van der Waals surface area contributed by atoms with Crippen molar-refractivity contribution in [3.63, 3.8) is 0 Å². The Bertz CT molecular complexity index is 500. The Labute approximate surface area is 125 Å². The number of hydrogen-bond acceptors (Lipinski definition) is 4. The average Bonchev–Trinajstić information content (AvgIpc) is 3.04. The SMILES string of the molecule is CCC(OC1CCCC1)C(=O)N1CCc2cncnc2C1. The van der Waals surface area contributed by atoms with Gasteiger partial charge >= 0.3 is 0 Å². The molecule has 1 aliphatic heterocycles. The molecule has 1 aromatic rings. The molecule has 5 nitrogen and oxygen atoms in total. The average molecular weight is 289 g/mol. The van der Waals surface area contributed by atoms with Crippen LogP contribution in [0, 0.1) is 0 Å². The third-order valence-electron chi connectivity index (χ3n) is 4.49. The van der Waals surface area contributed by atoms with Gasteiger partial charge in [0.1, 0.15) is 12.4 Å². The van der Waals surface area contributed by atoms with E-state index >= 15 is 0 Å². The largest absolute Gasteiger partial charge is 0.365 e. The molecule has 114 valence electrons. The van der Waals surface area contributed by atoms with Crippen molar-refractivity contribution < 1.29 is 9.53 Å². The molecule has 0 spiro atoms. The molecule has 0 saturated heterocycles. The molecule has 0 bridgehead atoms. The van der Waals surface area contributed by atoms with Crippen molar-refractivity contribution in [2.75, 3.05) is 6.54 Å². The van der Waals surface area contributed by atoms with E-state index in [1.54, 1.807) is 6.33 Å². The van der Waals surface area contributed by atoms with Crippen LogP contribution in [0.25, 0.3) is 0 Å². The summed E-state index contributed by atoms with van der Waals surface area (Å²) in [5, 5.41) is 0. The van der Waals surface area contributed by atoms with Crippen LogP contribution < -0.4 is 0 Å². The number of hydrogen-bond donors (Lipinski definition) is 0. The van der Waals surface area contributed by atoms with Crippen LogP contribution in [0.2, 0.25) is 0 Å². The number of carbonyl (C=O) groups excluding carboxylic acids is 1. The fraction of sp³-hybridized carbons (Fsp3) is 0.688. The predicted molar refractivity (Wildman–Crippen MR) is 78.6 cm³/mol. The number of carbonyl (C=O) groups is 1. The Morgan fingerprint density at radius 1 is 1.48 bits per heavy atom. The van der Waals surface area contributed by atoms with Crippen molar-refractivity contribution in [2.24, 2.45) is 0 Å². The zero-order chi connectivity index (χ0) is 14.7. The fourth-order valence-electron chi connectivity index (χ4n) is 3.23. The lowest BCUT2D eigenvalue weighted by molar-refractivity contribution is -0.148. The maximum absolute atomic E-state index is 12.7. The molecule has 1 unspecified atom stereocenters. The standard InChI is InChI=1S/C16H23N3O2/c1-2-15(21-13-5-3-4-6-13)16(20)19-8-7-12-9-17-11-18-14(12)10-19/h9,11,13,15H,2-8,10H2,1H3. The Morgan fingerprint density at radius 2 is 2.29 bits per heavy atom. The Kier molecular flexibility index (Phi) is 4.48. The van der Waals surface area contributed by atoms with E-state index in [2.05, 4.69) is 9.97 Å². The summed E-state index contributed by atoms with van der Waals surface area (Å²) in [7, 11) is 0. The number of fused-ring (bicyclic) bond motifs is 1. The van der Waals surface area contributed by atoms with Crippen molar-refractivity contribution in [3.8, 4) is 0 Å². The molecule has 1 aliphatic carbocycles. The van der Waals surface area contributed by atoms with Crippen LogP contribution in [0.3, 0.4) is 0 Å². The third-order valence-corrected chi connectivity index (χ3v) is 4.49. The quantitative estimate of drug-likeness (QED) is 0.852. The van der Waals surface area contributed by atoms with Gasteiger partial charge in [-0.1, -0.05) is 19.8 Å². The van der Waals surface area contributed by atoms with Gasteiger partial charge in [0.25, 0.3) is 5.91 Å². The van der Waals surface area contributed by atoms with E-state index in [0.717, 1.165) is 43.5 Å². The molecule has 0 N–H and O–H groups in total.